The Morgan fingerprint density at radius 3 is 2.68 bits per heavy atom. The minimum Gasteiger partial charge on any atom is -0.492 e. The first kappa shape index (κ1) is 12.2. The Morgan fingerprint density at radius 1 is 1.11 bits per heavy atom. The summed E-state index contributed by atoms with van der Waals surface area (Å²) in [6, 6.07) is 9.61. The molecule has 1 aliphatic rings. The molecule has 0 amide bonds. The number of carbonyl (C=O) groups excluding carboxylic acids is 1. The zero-order chi connectivity index (χ0) is 13.4. The molecule has 3 rings (SSSR count). The van der Waals surface area contributed by atoms with E-state index < -0.39 is 5.82 Å². The number of hydrogen-bond acceptors (Lipinski definition) is 2. The Morgan fingerprint density at radius 2 is 1.89 bits per heavy atom. The molecule has 4 heteroatoms. The first-order chi connectivity index (χ1) is 9.15. The predicted octanol–water partition coefficient (Wildman–Crippen LogP) is 4.11. The summed E-state index contributed by atoms with van der Waals surface area (Å²) < 4.78 is 19.3. The number of ether oxygens (including phenoxy) is 1. The van der Waals surface area contributed by atoms with Crippen molar-refractivity contribution < 1.29 is 13.9 Å². The van der Waals surface area contributed by atoms with Crippen LogP contribution in [-0.4, -0.2) is 12.4 Å². The van der Waals surface area contributed by atoms with Crippen LogP contribution in [-0.2, 0) is 0 Å². The van der Waals surface area contributed by atoms with Gasteiger partial charge in [0, 0.05) is 17.0 Å². The lowest BCUT2D eigenvalue weighted by atomic mass is 9.99. The summed E-state index contributed by atoms with van der Waals surface area (Å²) >= 11 is 5.73. The number of ketones is 1. The van der Waals surface area contributed by atoms with Gasteiger partial charge >= 0.3 is 0 Å². The predicted molar refractivity (Wildman–Crippen MR) is 71.3 cm³/mol. The maximum absolute atomic E-state index is 13.9. The standard InChI is InChI=1S/C15H10ClFO2/c16-10-2-4-11(13(17)8-10)9-1-3-12-14(18)5-6-19-15(12)7-9/h1-4,7-8H,5-6H2. The van der Waals surface area contributed by atoms with E-state index in [2.05, 4.69) is 0 Å². The fraction of sp³-hybridized carbons (Fsp3) is 0.133. The highest BCUT2D eigenvalue weighted by atomic mass is 35.5. The van der Waals surface area contributed by atoms with Gasteiger partial charge in [0.1, 0.15) is 11.6 Å². The van der Waals surface area contributed by atoms with Crippen LogP contribution in [0.5, 0.6) is 5.75 Å². The molecule has 0 bridgehead atoms. The molecular formula is C15H10ClFO2. The van der Waals surface area contributed by atoms with E-state index in [1.54, 1.807) is 30.3 Å². The van der Waals surface area contributed by atoms with Crippen LogP contribution in [0, 0.1) is 5.82 Å². The molecule has 1 aliphatic heterocycles. The van der Waals surface area contributed by atoms with Crippen LogP contribution in [0.2, 0.25) is 5.02 Å². The van der Waals surface area contributed by atoms with Crippen LogP contribution in [0.3, 0.4) is 0 Å². The van der Waals surface area contributed by atoms with Crippen molar-refractivity contribution in [3.05, 3.63) is 52.8 Å². The maximum Gasteiger partial charge on any atom is 0.169 e. The summed E-state index contributed by atoms with van der Waals surface area (Å²) in [5.41, 5.74) is 1.67. The summed E-state index contributed by atoms with van der Waals surface area (Å²) in [6.45, 7) is 0.373. The monoisotopic (exact) mass is 276 g/mol. The maximum atomic E-state index is 13.9. The smallest absolute Gasteiger partial charge is 0.169 e. The summed E-state index contributed by atoms with van der Waals surface area (Å²) in [4.78, 5) is 11.7. The lowest BCUT2D eigenvalue weighted by Crippen LogP contribution is -2.15. The molecule has 19 heavy (non-hydrogen) atoms. The van der Waals surface area contributed by atoms with E-state index in [1.165, 1.54) is 6.07 Å². The second kappa shape index (κ2) is 4.67. The second-order valence-corrected chi connectivity index (χ2v) is 4.79. The van der Waals surface area contributed by atoms with Gasteiger partial charge in [0.05, 0.1) is 12.2 Å². The quantitative estimate of drug-likeness (QED) is 0.783. The molecule has 0 N–H and O–H groups in total. The van der Waals surface area contributed by atoms with Crippen molar-refractivity contribution in [1.82, 2.24) is 0 Å². The minimum absolute atomic E-state index is 0.0596. The largest absolute Gasteiger partial charge is 0.492 e. The van der Waals surface area contributed by atoms with Crippen LogP contribution in [0.1, 0.15) is 16.8 Å². The van der Waals surface area contributed by atoms with E-state index in [4.69, 9.17) is 16.3 Å². The van der Waals surface area contributed by atoms with Crippen LogP contribution in [0.4, 0.5) is 4.39 Å². The zero-order valence-corrected chi connectivity index (χ0v) is 10.7. The van der Waals surface area contributed by atoms with Crippen molar-refractivity contribution in [3.8, 4) is 16.9 Å². The van der Waals surface area contributed by atoms with Gasteiger partial charge in [-0.3, -0.25) is 4.79 Å². The highest BCUT2D eigenvalue weighted by Crippen LogP contribution is 2.32. The number of fused-ring (bicyclic) bond motifs is 1. The zero-order valence-electron chi connectivity index (χ0n) is 9.95. The first-order valence-electron chi connectivity index (χ1n) is 5.90. The van der Waals surface area contributed by atoms with Gasteiger partial charge in [-0.15, -0.1) is 0 Å². The van der Waals surface area contributed by atoms with Gasteiger partial charge < -0.3 is 4.74 Å². The molecule has 2 aromatic carbocycles. The molecular weight excluding hydrogens is 267 g/mol. The van der Waals surface area contributed by atoms with Crippen molar-refractivity contribution in [3.63, 3.8) is 0 Å². The Kier molecular flexibility index (Phi) is 2.99. The van der Waals surface area contributed by atoms with Gasteiger partial charge in [0.25, 0.3) is 0 Å². The fourth-order valence-electron chi connectivity index (χ4n) is 2.15. The first-order valence-corrected chi connectivity index (χ1v) is 6.28. The van der Waals surface area contributed by atoms with Gasteiger partial charge in [0.2, 0.25) is 0 Å². The Hall–Kier alpha value is -1.87. The van der Waals surface area contributed by atoms with E-state index in [-0.39, 0.29) is 5.78 Å². The highest BCUT2D eigenvalue weighted by molar-refractivity contribution is 6.30. The third kappa shape index (κ3) is 2.22. The summed E-state index contributed by atoms with van der Waals surface area (Å²) in [6.07, 6.45) is 0.391. The Labute approximate surface area is 114 Å². The molecule has 0 saturated carbocycles. The van der Waals surface area contributed by atoms with Gasteiger partial charge in [-0.1, -0.05) is 17.7 Å². The van der Waals surface area contributed by atoms with E-state index >= 15 is 0 Å². The van der Waals surface area contributed by atoms with Crippen molar-refractivity contribution in [1.29, 1.82) is 0 Å². The van der Waals surface area contributed by atoms with Gasteiger partial charge in [-0.2, -0.15) is 0 Å². The van der Waals surface area contributed by atoms with Crippen LogP contribution in [0.15, 0.2) is 36.4 Å². The average molecular weight is 277 g/mol. The van der Waals surface area contributed by atoms with E-state index in [9.17, 15) is 9.18 Å². The number of carbonyl (C=O) groups is 1. The molecule has 0 atom stereocenters. The number of rotatable bonds is 1. The van der Waals surface area contributed by atoms with Crippen molar-refractivity contribution in [2.45, 2.75) is 6.42 Å². The highest BCUT2D eigenvalue weighted by Gasteiger charge is 2.19. The molecule has 0 spiro atoms. The van der Waals surface area contributed by atoms with Crippen molar-refractivity contribution in [2.24, 2.45) is 0 Å². The SMILES string of the molecule is O=C1CCOc2cc(-c3ccc(Cl)cc3F)ccc21. The number of benzene rings is 2. The summed E-state index contributed by atoms with van der Waals surface area (Å²) in [5.74, 6) is 0.182. The average Bonchev–Trinajstić information content (AvgIpc) is 2.38. The number of halogens is 2. The Bertz CT molecular complexity index is 667. The normalized spacial score (nSPS) is 13.9. The third-order valence-electron chi connectivity index (χ3n) is 3.11. The Balaban J connectivity index is 2.09. The van der Waals surface area contributed by atoms with Crippen molar-refractivity contribution in [2.75, 3.05) is 6.61 Å². The van der Waals surface area contributed by atoms with Crippen LogP contribution >= 0.6 is 11.6 Å². The molecule has 0 unspecified atom stereocenters. The molecule has 96 valence electrons. The minimum atomic E-state index is -0.394. The van der Waals surface area contributed by atoms with Crippen LogP contribution in [0.25, 0.3) is 11.1 Å². The molecule has 0 fully saturated rings. The second-order valence-electron chi connectivity index (χ2n) is 4.36. The molecule has 0 saturated heterocycles. The third-order valence-corrected chi connectivity index (χ3v) is 3.35. The van der Waals surface area contributed by atoms with Crippen LogP contribution < -0.4 is 4.74 Å². The summed E-state index contributed by atoms with van der Waals surface area (Å²) in [5, 5.41) is 0.352. The van der Waals surface area contributed by atoms with E-state index in [1.807, 2.05) is 0 Å². The molecule has 0 aromatic heterocycles. The number of hydrogen-bond donors (Lipinski definition) is 0. The van der Waals surface area contributed by atoms with Gasteiger partial charge in [0.15, 0.2) is 5.78 Å². The topological polar surface area (TPSA) is 26.3 Å². The van der Waals surface area contributed by atoms with Crippen molar-refractivity contribution >= 4 is 17.4 Å². The molecule has 1 heterocycles. The van der Waals surface area contributed by atoms with E-state index in [0.29, 0.717) is 40.5 Å². The van der Waals surface area contributed by atoms with Gasteiger partial charge in [-0.05, 0) is 35.9 Å². The molecule has 2 nitrogen and oxygen atoms in total. The lowest BCUT2D eigenvalue weighted by Gasteiger charge is -2.17. The molecule has 0 aliphatic carbocycles. The fourth-order valence-corrected chi connectivity index (χ4v) is 2.31. The lowest BCUT2D eigenvalue weighted by molar-refractivity contribution is 0.0933. The molecule has 0 radical (unpaired) electrons. The number of Topliss-reactive ketones (excluding diaryl/α,β-unsaturated/α-hetero) is 1. The molecule has 2 aromatic rings. The van der Waals surface area contributed by atoms with E-state index in [0.717, 1.165) is 0 Å². The summed E-state index contributed by atoms with van der Waals surface area (Å²) in [7, 11) is 0. The van der Waals surface area contributed by atoms with Gasteiger partial charge in [-0.25, -0.2) is 4.39 Å².